The fraction of sp³-hybridized carbons (Fsp3) is 0.600. The number of oxime groups is 1. The molecule has 0 aromatic rings. The lowest BCUT2D eigenvalue weighted by atomic mass is 10.3. The Morgan fingerprint density at radius 2 is 1.43 bits per heavy atom. The number of carbonyl (C=O) groups is 3. The number of alkyl halides is 4. The summed E-state index contributed by atoms with van der Waals surface area (Å²) in [4.78, 5) is 32.9. The highest BCUT2D eigenvalue weighted by Gasteiger charge is 2.21. The van der Waals surface area contributed by atoms with Crippen LogP contribution in [0.3, 0.4) is 0 Å². The fourth-order valence-electron chi connectivity index (χ4n) is 0.864. The van der Waals surface area contributed by atoms with Crippen LogP contribution in [0.2, 0.25) is 0 Å². The maximum Gasteiger partial charge on any atom is 0.328 e. The summed E-state index contributed by atoms with van der Waals surface area (Å²) in [5, 5.41) is 12.1. The third kappa shape index (κ3) is 8.89. The molecule has 7 nitrogen and oxygen atoms in total. The summed E-state index contributed by atoms with van der Waals surface area (Å²) in [5.74, 6) is -2.58. The largest absolute Gasteiger partial charge is 0.408 e. The highest BCUT2D eigenvalue weighted by Crippen LogP contribution is 2.09. The van der Waals surface area contributed by atoms with Crippen LogP contribution in [-0.2, 0) is 23.9 Å². The van der Waals surface area contributed by atoms with Crippen LogP contribution in [0.25, 0.3) is 0 Å². The van der Waals surface area contributed by atoms with E-state index in [4.69, 9.17) is 9.94 Å². The molecule has 2 unspecified atom stereocenters. The van der Waals surface area contributed by atoms with Crippen molar-refractivity contribution in [3.8, 4) is 0 Å². The summed E-state index contributed by atoms with van der Waals surface area (Å²) in [6.45, 7) is 0. The average molecular weight is 561 g/mol. The number of hydrogen-bond acceptors (Lipinski definition) is 7. The molecule has 0 aromatic carbocycles. The van der Waals surface area contributed by atoms with E-state index in [-0.39, 0.29) is 18.7 Å². The van der Waals surface area contributed by atoms with Gasteiger partial charge in [0.25, 0.3) is 0 Å². The zero-order chi connectivity index (χ0) is 16.4. The summed E-state index contributed by atoms with van der Waals surface area (Å²) in [6.07, 6.45) is -0.459. The van der Waals surface area contributed by atoms with Gasteiger partial charge < -0.3 is 14.7 Å². The Hall–Kier alpha value is 0. The smallest absolute Gasteiger partial charge is 0.328 e. The minimum absolute atomic E-state index is 0.183. The van der Waals surface area contributed by atoms with Gasteiger partial charge in [0.15, 0.2) is 0 Å². The van der Waals surface area contributed by atoms with Gasteiger partial charge in [0, 0.05) is 17.1 Å². The average Bonchev–Trinajstić information content (AvgIpc) is 2.48. The lowest BCUT2D eigenvalue weighted by molar-refractivity contribution is -0.159. The van der Waals surface area contributed by atoms with E-state index in [9.17, 15) is 14.4 Å². The Kier molecular flexibility index (Phi) is 11.6. The molecule has 0 fully saturated rings. The van der Waals surface area contributed by atoms with Crippen molar-refractivity contribution in [2.75, 3.05) is 10.7 Å². The Morgan fingerprint density at radius 3 is 1.86 bits per heavy atom. The first kappa shape index (κ1) is 21.0. The van der Waals surface area contributed by atoms with Crippen molar-refractivity contribution in [1.82, 2.24) is 0 Å². The molecule has 0 aliphatic carbocycles. The molecule has 0 saturated heterocycles. The number of ether oxygens (including phenoxy) is 2. The molecule has 0 amide bonds. The van der Waals surface area contributed by atoms with E-state index in [0.29, 0.717) is 10.7 Å². The van der Waals surface area contributed by atoms with Crippen LogP contribution >= 0.6 is 63.7 Å². The fourth-order valence-corrected chi connectivity index (χ4v) is 1.58. The summed E-state index contributed by atoms with van der Waals surface area (Å²) in [7, 11) is 0. The number of nitrogens with zero attached hydrogens (tertiary/aromatic N) is 1. The summed E-state index contributed by atoms with van der Waals surface area (Å²) >= 11 is 12.2. The van der Waals surface area contributed by atoms with Gasteiger partial charge in [0.05, 0.1) is 6.42 Å². The first-order valence-corrected chi connectivity index (χ1v) is 9.50. The second-order valence-electron chi connectivity index (χ2n) is 3.45. The molecule has 0 aliphatic rings. The third-order valence-corrected chi connectivity index (χ3v) is 6.30. The molecule has 0 bridgehead atoms. The maximum absolute atomic E-state index is 11.4. The van der Waals surface area contributed by atoms with E-state index in [0.717, 1.165) is 0 Å². The van der Waals surface area contributed by atoms with E-state index in [1.54, 1.807) is 0 Å². The molecule has 0 spiro atoms. The number of hydrogen-bond donors (Lipinski definition) is 1. The molecular weight excluding hydrogens is 550 g/mol. The Labute approximate surface area is 154 Å². The number of carbonyl (C=O) groups excluding carboxylic acids is 3. The lowest BCUT2D eigenvalue weighted by Crippen LogP contribution is -2.25. The minimum atomic E-state index is -0.821. The molecule has 21 heavy (non-hydrogen) atoms. The SMILES string of the molecule is O=C(CC/C(=N/O)OC(=O)C(Br)CBr)OC(=O)C(Br)CBr. The molecule has 0 aromatic heterocycles. The second kappa shape index (κ2) is 11.6. The summed E-state index contributed by atoms with van der Waals surface area (Å²) in [5.41, 5.74) is 0. The van der Waals surface area contributed by atoms with Crippen molar-refractivity contribution in [2.45, 2.75) is 22.5 Å². The molecule has 1 N–H and O–H groups in total. The zero-order valence-electron chi connectivity index (χ0n) is 10.4. The zero-order valence-corrected chi connectivity index (χ0v) is 16.8. The van der Waals surface area contributed by atoms with Gasteiger partial charge in [-0.1, -0.05) is 68.9 Å². The quantitative estimate of drug-likeness (QED) is 0.0977. The van der Waals surface area contributed by atoms with Crippen molar-refractivity contribution in [1.29, 1.82) is 0 Å². The molecule has 0 radical (unpaired) electrons. The Balaban J connectivity index is 4.26. The van der Waals surface area contributed by atoms with Gasteiger partial charge in [-0.05, 0) is 0 Å². The van der Waals surface area contributed by atoms with Crippen LogP contribution in [0.1, 0.15) is 12.8 Å². The second-order valence-corrected chi connectivity index (χ2v) is 6.96. The predicted octanol–water partition coefficient (Wildman–Crippen LogP) is 2.48. The van der Waals surface area contributed by atoms with Crippen molar-refractivity contribution in [3.63, 3.8) is 0 Å². The molecule has 0 heterocycles. The van der Waals surface area contributed by atoms with E-state index in [1.807, 2.05) is 0 Å². The van der Waals surface area contributed by atoms with Crippen LogP contribution in [0, 0.1) is 0 Å². The first-order valence-electron chi connectivity index (χ1n) is 5.42. The first-order chi connectivity index (χ1) is 9.85. The molecule has 0 aliphatic heterocycles. The van der Waals surface area contributed by atoms with Gasteiger partial charge >= 0.3 is 17.9 Å². The topological polar surface area (TPSA) is 102 Å². The van der Waals surface area contributed by atoms with E-state index in [1.165, 1.54) is 0 Å². The van der Waals surface area contributed by atoms with Crippen LogP contribution in [0.5, 0.6) is 0 Å². The number of esters is 3. The van der Waals surface area contributed by atoms with Crippen molar-refractivity contribution in [3.05, 3.63) is 0 Å². The summed E-state index contributed by atoms with van der Waals surface area (Å²) < 4.78 is 9.27. The Bertz CT molecular complexity index is 416. The Morgan fingerprint density at radius 1 is 0.952 bits per heavy atom. The predicted molar refractivity (Wildman–Crippen MR) is 88.7 cm³/mol. The van der Waals surface area contributed by atoms with Crippen LogP contribution in [-0.4, -0.2) is 49.3 Å². The minimum Gasteiger partial charge on any atom is -0.408 e. The normalized spacial score (nSPS) is 14.2. The standard InChI is InChI=1S/C10H11Br4NO6/c11-3-5(13)9(17)20-7(15-19)1-2-8(16)21-10(18)6(14)4-12/h5-6,19H,1-4H2/b15-7-. The molecular formula is C10H11Br4NO6. The van der Waals surface area contributed by atoms with Gasteiger partial charge in [-0.25, -0.2) is 0 Å². The van der Waals surface area contributed by atoms with Crippen molar-refractivity contribution in [2.24, 2.45) is 5.16 Å². The van der Waals surface area contributed by atoms with Crippen molar-refractivity contribution >= 4 is 87.5 Å². The highest BCUT2D eigenvalue weighted by molar-refractivity contribution is 9.12. The molecule has 120 valence electrons. The van der Waals surface area contributed by atoms with E-state index < -0.39 is 27.6 Å². The van der Waals surface area contributed by atoms with Gasteiger partial charge in [-0.3, -0.25) is 14.4 Å². The molecule has 11 heteroatoms. The molecule has 0 saturated carbocycles. The van der Waals surface area contributed by atoms with E-state index >= 15 is 0 Å². The number of rotatable bonds is 7. The summed E-state index contributed by atoms with van der Waals surface area (Å²) in [6, 6.07) is 0. The van der Waals surface area contributed by atoms with Gasteiger partial charge in [-0.2, -0.15) is 0 Å². The van der Waals surface area contributed by atoms with Gasteiger partial charge in [0.2, 0.25) is 5.90 Å². The van der Waals surface area contributed by atoms with E-state index in [2.05, 4.69) is 73.6 Å². The third-order valence-electron chi connectivity index (χ3n) is 1.87. The van der Waals surface area contributed by atoms with Crippen LogP contribution in [0.15, 0.2) is 5.16 Å². The van der Waals surface area contributed by atoms with Crippen LogP contribution in [0.4, 0.5) is 0 Å². The highest BCUT2D eigenvalue weighted by atomic mass is 79.9. The number of halogens is 4. The van der Waals surface area contributed by atoms with Gasteiger partial charge in [0.1, 0.15) is 9.65 Å². The molecule has 0 rings (SSSR count). The maximum atomic E-state index is 11.4. The van der Waals surface area contributed by atoms with Gasteiger partial charge in [-0.15, -0.1) is 0 Å². The van der Waals surface area contributed by atoms with Crippen molar-refractivity contribution < 1.29 is 29.1 Å². The lowest BCUT2D eigenvalue weighted by Gasteiger charge is -2.08. The van der Waals surface area contributed by atoms with Crippen LogP contribution < -0.4 is 0 Å². The molecule has 2 atom stereocenters. The monoisotopic (exact) mass is 557 g/mol.